The van der Waals surface area contributed by atoms with Gasteiger partial charge in [0.15, 0.2) is 11.6 Å². The summed E-state index contributed by atoms with van der Waals surface area (Å²) >= 11 is 0. The lowest BCUT2D eigenvalue weighted by Crippen LogP contribution is -2.13. The van der Waals surface area contributed by atoms with Crippen molar-refractivity contribution >= 4 is 11.5 Å². The first-order valence-corrected chi connectivity index (χ1v) is 6.58. The van der Waals surface area contributed by atoms with Crippen LogP contribution in [0.2, 0.25) is 0 Å². The molecular formula is C16H17N3O. The van der Waals surface area contributed by atoms with Gasteiger partial charge in [-0.15, -0.1) is 0 Å². The zero-order valence-electron chi connectivity index (χ0n) is 11.7. The fourth-order valence-corrected chi connectivity index (χ4v) is 1.87. The van der Waals surface area contributed by atoms with E-state index in [1.54, 1.807) is 12.3 Å². The third kappa shape index (κ3) is 3.07. The highest BCUT2D eigenvalue weighted by atomic mass is 16.5. The summed E-state index contributed by atoms with van der Waals surface area (Å²) in [6.45, 7) is 2.72. The Bertz CT molecular complexity index is 619. The summed E-state index contributed by atoms with van der Waals surface area (Å²) in [6.07, 6.45) is 2.68. The van der Waals surface area contributed by atoms with Gasteiger partial charge in [-0.1, -0.05) is 13.0 Å². The van der Waals surface area contributed by atoms with E-state index in [0.29, 0.717) is 12.2 Å². The van der Waals surface area contributed by atoms with E-state index in [1.165, 1.54) is 0 Å². The summed E-state index contributed by atoms with van der Waals surface area (Å²) in [5, 5.41) is 8.98. The normalized spacial score (nSPS) is 9.85. The molecular weight excluding hydrogens is 250 g/mol. The molecule has 0 radical (unpaired) electrons. The Hall–Kier alpha value is -2.54. The monoisotopic (exact) mass is 267 g/mol. The quantitative estimate of drug-likeness (QED) is 0.831. The van der Waals surface area contributed by atoms with Crippen LogP contribution in [0.15, 0.2) is 42.6 Å². The second-order valence-corrected chi connectivity index (χ2v) is 4.39. The number of ether oxygens (including phenoxy) is 1. The third-order valence-electron chi connectivity index (χ3n) is 2.89. The summed E-state index contributed by atoms with van der Waals surface area (Å²) in [5.41, 5.74) is 1.53. The van der Waals surface area contributed by atoms with Gasteiger partial charge >= 0.3 is 0 Å². The van der Waals surface area contributed by atoms with Crippen LogP contribution in [-0.4, -0.2) is 18.6 Å². The molecule has 2 aromatic rings. The Morgan fingerprint density at radius 3 is 2.90 bits per heavy atom. The number of aromatic nitrogens is 1. The van der Waals surface area contributed by atoms with Crippen LogP contribution < -0.4 is 9.64 Å². The van der Waals surface area contributed by atoms with Gasteiger partial charge in [0.25, 0.3) is 0 Å². The van der Waals surface area contributed by atoms with E-state index in [4.69, 9.17) is 10.00 Å². The van der Waals surface area contributed by atoms with E-state index < -0.39 is 0 Å². The molecule has 0 aliphatic rings. The predicted octanol–water partition coefficient (Wildman–Crippen LogP) is 3.51. The Labute approximate surface area is 119 Å². The van der Waals surface area contributed by atoms with Gasteiger partial charge in [0.05, 0.1) is 18.2 Å². The van der Waals surface area contributed by atoms with Gasteiger partial charge in [0.1, 0.15) is 0 Å². The van der Waals surface area contributed by atoms with E-state index in [0.717, 1.165) is 23.7 Å². The van der Waals surface area contributed by atoms with Crippen LogP contribution in [0.25, 0.3) is 0 Å². The van der Waals surface area contributed by atoms with E-state index in [1.807, 2.05) is 42.3 Å². The number of rotatable bonds is 5. The summed E-state index contributed by atoms with van der Waals surface area (Å²) < 4.78 is 5.72. The highest BCUT2D eigenvalue weighted by Crippen LogP contribution is 2.30. The van der Waals surface area contributed by atoms with Crippen LogP contribution in [-0.2, 0) is 0 Å². The van der Waals surface area contributed by atoms with E-state index >= 15 is 0 Å². The smallest absolute Gasteiger partial charge is 0.175 e. The third-order valence-corrected chi connectivity index (χ3v) is 2.89. The molecule has 4 heteroatoms. The highest BCUT2D eigenvalue weighted by Gasteiger charge is 2.11. The minimum Gasteiger partial charge on any atom is -0.490 e. The maximum Gasteiger partial charge on any atom is 0.175 e. The SMILES string of the molecule is CCCOc1cccnc1N(C)c1cccc(C#N)c1. The fourth-order valence-electron chi connectivity index (χ4n) is 1.87. The summed E-state index contributed by atoms with van der Waals surface area (Å²) in [4.78, 5) is 6.30. The molecule has 0 unspecified atom stereocenters. The molecule has 0 amide bonds. The topological polar surface area (TPSA) is 49.1 Å². The van der Waals surface area contributed by atoms with Crippen molar-refractivity contribution in [1.29, 1.82) is 5.26 Å². The summed E-state index contributed by atoms with van der Waals surface area (Å²) in [5.74, 6) is 1.50. The predicted molar refractivity (Wildman–Crippen MR) is 79.2 cm³/mol. The Balaban J connectivity index is 2.32. The van der Waals surface area contributed by atoms with Crippen molar-refractivity contribution < 1.29 is 4.74 Å². The summed E-state index contributed by atoms with van der Waals surface area (Å²) in [6, 6.07) is 13.3. The molecule has 0 spiro atoms. The molecule has 0 atom stereocenters. The Morgan fingerprint density at radius 2 is 2.15 bits per heavy atom. The Morgan fingerprint density at radius 1 is 1.30 bits per heavy atom. The van der Waals surface area contributed by atoms with Crippen molar-refractivity contribution in [3.8, 4) is 11.8 Å². The minimum absolute atomic E-state index is 0.626. The maximum absolute atomic E-state index is 8.98. The first-order valence-electron chi connectivity index (χ1n) is 6.58. The molecule has 1 aromatic carbocycles. The van der Waals surface area contributed by atoms with Crippen LogP contribution in [0.5, 0.6) is 5.75 Å². The van der Waals surface area contributed by atoms with Crippen molar-refractivity contribution in [3.63, 3.8) is 0 Å². The number of hydrogen-bond acceptors (Lipinski definition) is 4. The van der Waals surface area contributed by atoms with Crippen molar-refractivity contribution in [2.45, 2.75) is 13.3 Å². The van der Waals surface area contributed by atoms with Gasteiger partial charge in [-0.3, -0.25) is 0 Å². The van der Waals surface area contributed by atoms with Gasteiger partial charge in [-0.2, -0.15) is 5.26 Å². The van der Waals surface area contributed by atoms with Gasteiger partial charge in [-0.05, 0) is 36.8 Å². The van der Waals surface area contributed by atoms with Crippen molar-refractivity contribution in [2.75, 3.05) is 18.6 Å². The molecule has 1 heterocycles. The van der Waals surface area contributed by atoms with Crippen LogP contribution in [0.3, 0.4) is 0 Å². The largest absolute Gasteiger partial charge is 0.490 e. The average molecular weight is 267 g/mol. The first kappa shape index (κ1) is 13.9. The van der Waals surface area contributed by atoms with Crippen molar-refractivity contribution in [3.05, 3.63) is 48.2 Å². The standard InChI is InChI=1S/C16H17N3O/c1-3-10-20-15-8-5-9-18-16(15)19(2)14-7-4-6-13(11-14)12-17/h4-9,11H,3,10H2,1-2H3. The summed E-state index contributed by atoms with van der Waals surface area (Å²) in [7, 11) is 1.91. The van der Waals surface area contributed by atoms with Crippen LogP contribution in [0.4, 0.5) is 11.5 Å². The molecule has 0 N–H and O–H groups in total. The molecule has 0 bridgehead atoms. The number of pyridine rings is 1. The first-order chi connectivity index (χ1) is 9.76. The number of nitrogens with zero attached hydrogens (tertiary/aromatic N) is 3. The number of benzene rings is 1. The Kier molecular flexibility index (Phi) is 4.56. The molecule has 102 valence electrons. The van der Waals surface area contributed by atoms with E-state index in [9.17, 15) is 0 Å². The molecule has 1 aromatic heterocycles. The van der Waals surface area contributed by atoms with Crippen molar-refractivity contribution in [2.24, 2.45) is 0 Å². The second-order valence-electron chi connectivity index (χ2n) is 4.39. The van der Waals surface area contributed by atoms with Crippen molar-refractivity contribution in [1.82, 2.24) is 4.98 Å². The van der Waals surface area contributed by atoms with Crippen LogP contribution in [0.1, 0.15) is 18.9 Å². The van der Waals surface area contributed by atoms with E-state index in [-0.39, 0.29) is 0 Å². The lowest BCUT2D eigenvalue weighted by Gasteiger charge is -2.21. The molecule has 0 aliphatic carbocycles. The van der Waals surface area contributed by atoms with Gasteiger partial charge < -0.3 is 9.64 Å². The minimum atomic E-state index is 0.626. The average Bonchev–Trinajstić information content (AvgIpc) is 2.52. The maximum atomic E-state index is 8.98. The van der Waals surface area contributed by atoms with Gasteiger partial charge in [-0.25, -0.2) is 4.98 Å². The van der Waals surface area contributed by atoms with Gasteiger partial charge in [0, 0.05) is 18.9 Å². The number of nitriles is 1. The molecule has 0 fully saturated rings. The number of hydrogen-bond donors (Lipinski definition) is 0. The second kappa shape index (κ2) is 6.58. The highest BCUT2D eigenvalue weighted by molar-refractivity contribution is 5.65. The lowest BCUT2D eigenvalue weighted by atomic mass is 10.2. The fraction of sp³-hybridized carbons (Fsp3) is 0.250. The molecule has 0 saturated heterocycles. The number of anilines is 2. The van der Waals surface area contributed by atoms with E-state index in [2.05, 4.69) is 18.0 Å². The van der Waals surface area contributed by atoms with Gasteiger partial charge in [0.2, 0.25) is 0 Å². The molecule has 0 aliphatic heterocycles. The van der Waals surface area contributed by atoms with Crippen LogP contribution >= 0.6 is 0 Å². The lowest BCUT2D eigenvalue weighted by molar-refractivity contribution is 0.317. The van der Waals surface area contributed by atoms with Crippen LogP contribution in [0, 0.1) is 11.3 Å². The molecule has 4 nitrogen and oxygen atoms in total. The molecule has 20 heavy (non-hydrogen) atoms. The molecule has 2 rings (SSSR count). The molecule has 0 saturated carbocycles. The zero-order valence-corrected chi connectivity index (χ0v) is 11.7. The zero-order chi connectivity index (χ0) is 14.4.